The van der Waals surface area contributed by atoms with Gasteiger partial charge in [-0.1, -0.05) is 85.3 Å². The Labute approximate surface area is 141 Å². The Morgan fingerprint density at radius 1 is 1.13 bits per heavy atom. The zero-order chi connectivity index (χ0) is 16.3. The molecular weight excluding hydrogens is 302 g/mol. The van der Waals surface area contributed by atoms with Gasteiger partial charge in [0.05, 0.1) is 5.92 Å². The summed E-state index contributed by atoms with van der Waals surface area (Å²) in [6.45, 7) is 2.00. The monoisotopic (exact) mass is 319 g/mol. The van der Waals surface area contributed by atoms with Crippen LogP contribution >= 0.6 is 11.8 Å². The van der Waals surface area contributed by atoms with Crippen molar-refractivity contribution in [2.24, 2.45) is 4.99 Å². The first-order chi connectivity index (χ1) is 11.2. The number of nitrogens with zero attached hydrogens (tertiary/aromatic N) is 1. The average molecular weight is 319 g/mol. The second-order valence-corrected chi connectivity index (χ2v) is 6.76. The smallest absolute Gasteiger partial charge is 0.265 e. The first-order valence-electron chi connectivity index (χ1n) is 7.60. The number of aliphatic imine (C=N–C) groups is 1. The van der Waals surface area contributed by atoms with Crippen molar-refractivity contribution in [2.75, 3.05) is 0 Å². The van der Waals surface area contributed by atoms with Crippen LogP contribution in [0, 0.1) is 12.3 Å². The second-order valence-electron chi connectivity index (χ2n) is 5.44. The number of terminal acetylenes is 1. The molecule has 2 aromatic carbocycles. The summed E-state index contributed by atoms with van der Waals surface area (Å²) in [5, 5.41) is 0.758. The summed E-state index contributed by atoms with van der Waals surface area (Å²) >= 11 is 1.50. The van der Waals surface area contributed by atoms with Crippen LogP contribution in [0.5, 0.6) is 0 Å². The standard InChI is InChI=1S/C20H17NOS/c1-3-17(15-11-7-5-8-12-15)20(4-2)19(22)21-18(23-20)16-13-9-6-10-14-16/h1,5-14,17H,4H2,2H3/t17-,20-/m1/s1. The molecule has 0 N–H and O–H groups in total. The van der Waals surface area contributed by atoms with E-state index in [-0.39, 0.29) is 11.8 Å². The molecule has 3 heteroatoms. The number of carbonyl (C=O) groups is 1. The van der Waals surface area contributed by atoms with Gasteiger partial charge in [0.15, 0.2) is 0 Å². The van der Waals surface area contributed by atoms with Crippen LogP contribution < -0.4 is 0 Å². The summed E-state index contributed by atoms with van der Waals surface area (Å²) in [6, 6.07) is 19.6. The number of thioether (sulfide) groups is 1. The van der Waals surface area contributed by atoms with Crippen LogP contribution in [0.15, 0.2) is 65.7 Å². The minimum atomic E-state index is -0.721. The van der Waals surface area contributed by atoms with Gasteiger partial charge in [-0.05, 0) is 12.0 Å². The zero-order valence-corrected chi connectivity index (χ0v) is 13.7. The molecule has 114 valence electrons. The highest BCUT2D eigenvalue weighted by molar-refractivity contribution is 8.16. The van der Waals surface area contributed by atoms with E-state index in [1.807, 2.05) is 67.6 Å². The van der Waals surface area contributed by atoms with Crippen molar-refractivity contribution in [3.05, 3.63) is 71.8 Å². The summed E-state index contributed by atoms with van der Waals surface area (Å²) in [5.41, 5.74) is 1.95. The maximum atomic E-state index is 12.8. The van der Waals surface area contributed by atoms with Crippen molar-refractivity contribution >= 4 is 22.7 Å². The maximum Gasteiger partial charge on any atom is 0.265 e. The van der Waals surface area contributed by atoms with Crippen LogP contribution in [0.1, 0.15) is 30.4 Å². The Morgan fingerprint density at radius 2 is 1.74 bits per heavy atom. The first kappa shape index (κ1) is 15.6. The maximum absolute atomic E-state index is 12.8. The highest BCUT2D eigenvalue weighted by Crippen LogP contribution is 2.48. The topological polar surface area (TPSA) is 29.4 Å². The molecule has 0 aromatic heterocycles. The third-order valence-electron chi connectivity index (χ3n) is 4.16. The number of amides is 1. The van der Waals surface area contributed by atoms with Gasteiger partial charge < -0.3 is 0 Å². The lowest BCUT2D eigenvalue weighted by Gasteiger charge is -2.30. The van der Waals surface area contributed by atoms with Crippen LogP contribution in [-0.2, 0) is 4.79 Å². The van der Waals surface area contributed by atoms with E-state index < -0.39 is 4.75 Å². The predicted molar refractivity (Wildman–Crippen MR) is 96.6 cm³/mol. The fourth-order valence-electron chi connectivity index (χ4n) is 2.89. The van der Waals surface area contributed by atoms with Crippen molar-refractivity contribution in [3.63, 3.8) is 0 Å². The molecule has 1 heterocycles. The lowest BCUT2D eigenvalue weighted by molar-refractivity contribution is -0.120. The molecule has 0 aliphatic carbocycles. The van der Waals surface area contributed by atoms with Crippen LogP contribution in [0.4, 0.5) is 0 Å². The van der Waals surface area contributed by atoms with Gasteiger partial charge in [-0.15, -0.1) is 6.42 Å². The first-order valence-corrected chi connectivity index (χ1v) is 8.41. The zero-order valence-electron chi connectivity index (χ0n) is 12.9. The lowest BCUT2D eigenvalue weighted by atomic mass is 9.83. The van der Waals surface area contributed by atoms with E-state index in [4.69, 9.17) is 6.42 Å². The van der Waals surface area contributed by atoms with Crippen molar-refractivity contribution < 1.29 is 4.79 Å². The van der Waals surface area contributed by atoms with Gasteiger partial charge in [0.2, 0.25) is 0 Å². The molecule has 0 radical (unpaired) electrons. The Kier molecular flexibility index (Phi) is 4.36. The van der Waals surface area contributed by atoms with E-state index in [1.165, 1.54) is 11.8 Å². The molecule has 0 saturated heterocycles. The molecule has 0 unspecified atom stereocenters. The SMILES string of the molecule is C#C[C@H](c1ccccc1)[C@@]1(CC)SC(c2ccccc2)=NC1=O. The average Bonchev–Trinajstić information content (AvgIpc) is 2.95. The molecule has 2 aromatic rings. The quantitative estimate of drug-likeness (QED) is 0.788. The highest BCUT2D eigenvalue weighted by Gasteiger charge is 2.50. The molecule has 1 amide bonds. The van der Waals surface area contributed by atoms with Crippen LogP contribution in [0.2, 0.25) is 0 Å². The third kappa shape index (κ3) is 2.71. The van der Waals surface area contributed by atoms with Crippen molar-refractivity contribution in [2.45, 2.75) is 24.0 Å². The van der Waals surface area contributed by atoms with E-state index in [1.54, 1.807) is 0 Å². The summed E-state index contributed by atoms with van der Waals surface area (Å²) in [5.74, 6) is 2.42. The highest BCUT2D eigenvalue weighted by atomic mass is 32.2. The van der Waals surface area contributed by atoms with Gasteiger partial charge in [0.25, 0.3) is 5.91 Å². The molecule has 2 nitrogen and oxygen atoms in total. The summed E-state index contributed by atoms with van der Waals surface area (Å²) < 4.78 is -0.721. The fraction of sp³-hybridized carbons (Fsp3) is 0.200. The molecule has 3 rings (SSSR count). The van der Waals surface area contributed by atoms with Crippen LogP contribution in [0.25, 0.3) is 0 Å². The molecular formula is C20H17NOS. The van der Waals surface area contributed by atoms with E-state index >= 15 is 0 Å². The van der Waals surface area contributed by atoms with E-state index in [9.17, 15) is 4.79 Å². The normalized spacial score (nSPS) is 21.6. The number of hydrogen-bond acceptors (Lipinski definition) is 2. The van der Waals surface area contributed by atoms with Gasteiger partial charge >= 0.3 is 0 Å². The minimum Gasteiger partial charge on any atom is -0.271 e. The Balaban J connectivity index is 2.00. The predicted octanol–water partition coefficient (Wildman–Crippen LogP) is 4.27. The molecule has 0 saturated carbocycles. The minimum absolute atomic E-state index is 0.129. The molecule has 1 aliphatic rings. The van der Waals surface area contributed by atoms with E-state index in [2.05, 4.69) is 10.9 Å². The Bertz CT molecular complexity index is 776. The lowest BCUT2D eigenvalue weighted by Crippen LogP contribution is -2.37. The van der Waals surface area contributed by atoms with Crippen molar-refractivity contribution in [3.8, 4) is 12.3 Å². The Morgan fingerprint density at radius 3 is 2.30 bits per heavy atom. The largest absolute Gasteiger partial charge is 0.271 e. The summed E-state index contributed by atoms with van der Waals surface area (Å²) in [7, 11) is 0. The van der Waals surface area contributed by atoms with Crippen molar-refractivity contribution in [1.29, 1.82) is 0 Å². The molecule has 0 fully saturated rings. The molecule has 23 heavy (non-hydrogen) atoms. The number of rotatable bonds is 4. The van der Waals surface area contributed by atoms with E-state index in [0.717, 1.165) is 16.2 Å². The molecule has 0 bridgehead atoms. The number of benzene rings is 2. The summed E-state index contributed by atoms with van der Waals surface area (Å²) in [6.07, 6.45) is 6.46. The molecule has 0 spiro atoms. The third-order valence-corrected chi connectivity index (χ3v) is 5.74. The second kappa shape index (κ2) is 6.44. The number of carbonyl (C=O) groups excluding carboxylic acids is 1. The van der Waals surface area contributed by atoms with Gasteiger partial charge in [-0.25, -0.2) is 4.99 Å². The summed E-state index contributed by atoms with van der Waals surface area (Å²) in [4.78, 5) is 17.1. The molecule has 2 atom stereocenters. The fourth-order valence-corrected chi connectivity index (χ4v) is 4.21. The van der Waals surface area contributed by atoms with Gasteiger partial charge in [-0.3, -0.25) is 4.79 Å². The van der Waals surface area contributed by atoms with Gasteiger partial charge in [-0.2, -0.15) is 0 Å². The van der Waals surface area contributed by atoms with Crippen molar-refractivity contribution in [1.82, 2.24) is 0 Å². The molecule has 1 aliphatic heterocycles. The van der Waals surface area contributed by atoms with E-state index in [0.29, 0.717) is 6.42 Å². The number of hydrogen-bond donors (Lipinski definition) is 0. The van der Waals surface area contributed by atoms with Gasteiger partial charge in [0.1, 0.15) is 9.79 Å². The Hall–Kier alpha value is -2.31. The van der Waals surface area contributed by atoms with Crippen LogP contribution in [0.3, 0.4) is 0 Å². The van der Waals surface area contributed by atoms with Gasteiger partial charge in [0, 0.05) is 5.56 Å². The van der Waals surface area contributed by atoms with Crippen LogP contribution in [-0.4, -0.2) is 15.7 Å².